The molecule has 0 saturated heterocycles. The lowest BCUT2D eigenvalue weighted by atomic mass is 9.90. The normalized spacial score (nSPS) is 13.8. The van der Waals surface area contributed by atoms with Gasteiger partial charge in [-0.05, 0) is 312 Å². The van der Waals surface area contributed by atoms with E-state index in [-0.39, 0.29) is 16.7 Å². The smallest absolute Gasteiger partial charge is 0.308 e. The van der Waals surface area contributed by atoms with Crippen molar-refractivity contribution in [3.63, 3.8) is 0 Å². The Labute approximate surface area is 829 Å². The Kier molecular flexibility index (Phi) is 21.5. The average molecular weight is 1880 g/mol. The third kappa shape index (κ3) is 15.6. The Morgan fingerprint density at radius 2 is 0.632 bits per heavy atom. The molecular formula is C132H92F6N6. The van der Waals surface area contributed by atoms with E-state index in [0.717, 1.165) is 243 Å². The Morgan fingerprint density at radius 1 is 0.278 bits per heavy atom. The predicted molar refractivity (Wildman–Crippen MR) is 582 cm³/mol. The topological polar surface area (TPSA) is 67.3 Å². The van der Waals surface area contributed by atoms with Crippen LogP contribution in [-0.2, 0) is 12.4 Å². The molecule has 2 aliphatic rings. The van der Waals surface area contributed by atoms with E-state index in [2.05, 4.69) is 389 Å². The summed E-state index contributed by atoms with van der Waals surface area (Å²) in [4.78, 5) is 0. The Balaban J connectivity index is 0.751. The maximum Gasteiger partial charge on any atom is 0.416 e. The van der Waals surface area contributed by atoms with Crippen LogP contribution in [0.3, 0.4) is 0 Å². The van der Waals surface area contributed by atoms with Gasteiger partial charge in [0.2, 0.25) is 0 Å². The number of rotatable bonds is 13. The van der Waals surface area contributed by atoms with Crippen molar-refractivity contribution in [1.82, 2.24) is 18.3 Å². The molecule has 0 fully saturated rings. The largest absolute Gasteiger partial charge is 0.416 e. The summed E-state index contributed by atoms with van der Waals surface area (Å²) in [6.07, 6.45) is 4.70. The first kappa shape index (κ1) is 89.1. The highest BCUT2D eigenvalue weighted by Crippen LogP contribution is 2.52. The summed E-state index contributed by atoms with van der Waals surface area (Å²) in [6.45, 7) is 16.7. The summed E-state index contributed by atoms with van der Waals surface area (Å²) in [7, 11) is 0. The first-order chi connectivity index (χ1) is 69.8. The lowest BCUT2D eigenvalue weighted by molar-refractivity contribution is -0.138. The van der Waals surface area contributed by atoms with Gasteiger partial charge in [-0.15, -0.1) is 0 Å². The van der Waals surface area contributed by atoms with Gasteiger partial charge in [-0.2, -0.15) is 36.9 Å². The number of allylic oxidation sites excluding steroid dienone is 8. The molecule has 0 spiro atoms. The van der Waals surface area contributed by atoms with Gasteiger partial charge in [0.25, 0.3) is 0 Å². The van der Waals surface area contributed by atoms with Crippen LogP contribution in [0.2, 0.25) is 0 Å². The van der Waals surface area contributed by atoms with Gasteiger partial charge >= 0.3 is 12.4 Å². The molecule has 0 aliphatic heterocycles. The van der Waals surface area contributed by atoms with Gasteiger partial charge in [0.15, 0.2) is 0 Å². The zero-order valence-corrected chi connectivity index (χ0v) is 80.3. The quantitative estimate of drug-likeness (QED) is 0.108. The number of hydrogen-bond donors (Lipinski definition) is 0. The van der Waals surface area contributed by atoms with Crippen molar-refractivity contribution in [2.45, 2.75) is 80.6 Å². The first-order valence-electron chi connectivity index (χ1n) is 48.5. The zero-order chi connectivity index (χ0) is 98.6. The Bertz CT molecular complexity index is 9480. The molecule has 4 aromatic heterocycles. The summed E-state index contributed by atoms with van der Waals surface area (Å²) in [5.74, 6) is 0. The lowest BCUT2D eigenvalue weighted by Gasteiger charge is -2.22. The molecule has 692 valence electrons. The Morgan fingerprint density at radius 3 is 1.03 bits per heavy atom. The van der Waals surface area contributed by atoms with Gasteiger partial charge in [-0.25, -0.2) is 0 Å². The highest BCUT2D eigenvalue weighted by Gasteiger charge is 2.36. The molecule has 0 radical (unpaired) electrons. The Hall–Kier alpha value is -17.6. The fourth-order valence-electron chi connectivity index (χ4n) is 22.4. The van der Waals surface area contributed by atoms with Gasteiger partial charge in [0, 0.05) is 54.2 Å². The number of nitrogens with zero attached hydrogens (tertiary/aromatic N) is 6. The molecule has 2 aliphatic carbocycles. The van der Waals surface area contributed by atoms with Crippen molar-refractivity contribution in [1.29, 1.82) is 10.5 Å². The van der Waals surface area contributed by atoms with E-state index in [9.17, 15) is 10.5 Å². The summed E-state index contributed by atoms with van der Waals surface area (Å²) < 4.78 is 104. The number of aryl methyl sites for hydroxylation is 6. The van der Waals surface area contributed by atoms with E-state index in [1.807, 2.05) is 36.4 Å². The fraction of sp³-hybridized carbons (Fsp3) is 0.0909. The second kappa shape index (κ2) is 34.7. The number of nitriles is 2. The minimum Gasteiger partial charge on any atom is -0.308 e. The molecule has 4 heterocycles. The molecule has 0 bridgehead atoms. The van der Waals surface area contributed by atoms with Crippen LogP contribution in [0.5, 0.6) is 0 Å². The van der Waals surface area contributed by atoms with Crippen LogP contribution in [0.1, 0.15) is 82.3 Å². The maximum atomic E-state index is 16.0. The third-order valence-electron chi connectivity index (χ3n) is 29.2. The number of halogens is 6. The van der Waals surface area contributed by atoms with Crippen LogP contribution in [0.25, 0.3) is 221 Å². The molecule has 6 nitrogen and oxygen atoms in total. The highest BCUT2D eigenvalue weighted by molar-refractivity contribution is 6.19. The van der Waals surface area contributed by atoms with Crippen LogP contribution in [0, 0.1) is 64.2 Å². The first-order valence-corrected chi connectivity index (χ1v) is 48.5. The van der Waals surface area contributed by atoms with Crippen molar-refractivity contribution >= 4 is 98.4 Å². The average Bonchev–Trinajstić information content (AvgIpc) is 1.54. The molecule has 0 atom stereocenters. The van der Waals surface area contributed by atoms with Gasteiger partial charge in [0.1, 0.15) is 0 Å². The van der Waals surface area contributed by atoms with Crippen LogP contribution >= 0.6 is 0 Å². The maximum absolute atomic E-state index is 16.0. The van der Waals surface area contributed by atoms with Crippen molar-refractivity contribution < 1.29 is 26.3 Å². The fourth-order valence-corrected chi connectivity index (χ4v) is 22.4. The van der Waals surface area contributed by atoms with Crippen molar-refractivity contribution in [2.75, 3.05) is 0 Å². The van der Waals surface area contributed by atoms with Crippen molar-refractivity contribution in [3.8, 4) is 135 Å². The molecule has 144 heavy (non-hydrogen) atoms. The molecule has 0 saturated carbocycles. The second-order valence-corrected chi connectivity index (χ2v) is 39.0. The number of alkyl halides is 6. The summed E-state index contributed by atoms with van der Waals surface area (Å²) in [5.41, 5.74) is 32.9. The van der Waals surface area contributed by atoms with Crippen molar-refractivity contribution in [2.24, 2.45) is 0 Å². The van der Waals surface area contributed by atoms with Crippen molar-refractivity contribution in [3.05, 3.63) is 466 Å². The third-order valence-corrected chi connectivity index (χ3v) is 29.2. The molecule has 24 rings (SSSR count). The number of aromatic nitrogens is 4. The van der Waals surface area contributed by atoms with Gasteiger partial charge < -0.3 is 18.3 Å². The molecular weight excluding hydrogens is 1780 g/mol. The molecule has 0 amide bonds. The van der Waals surface area contributed by atoms with Crippen LogP contribution in [0.4, 0.5) is 26.3 Å². The molecule has 0 unspecified atom stereocenters. The number of benzene rings is 18. The molecule has 0 N–H and O–H groups in total. The number of hydrogen-bond acceptors (Lipinski definition) is 2. The minimum absolute atomic E-state index is 0.286. The second-order valence-electron chi connectivity index (χ2n) is 39.0. The molecule has 18 aromatic carbocycles. The van der Waals surface area contributed by atoms with Gasteiger partial charge in [0.05, 0.1) is 101 Å². The summed E-state index contributed by atoms with van der Waals surface area (Å²) >= 11 is 0. The zero-order valence-electron chi connectivity index (χ0n) is 80.3. The van der Waals surface area contributed by atoms with E-state index in [1.54, 1.807) is 12.1 Å². The predicted octanol–water partition coefficient (Wildman–Crippen LogP) is 34.8. The standard InChI is InChI=1S/C132H92F6N6/c1-77-18-9-25-87(52-77)95-40-48-116-111(66-95)112-67-96(88-26-10-19-78(2)53-88)41-49-117(112)141(116)123-60-85(75-139)61-124(128(123)102-32-16-34-105(64-102)131(133,134)135)142-118-50-42-97(89-27-11-20-79(3)54-89)68-113(118)114-69-98(43-51-119(114)142)94-36-44-107(84(8)59-94)115-70-104(93-31-15-24-83(7)58-93)74-127-130(115)110-47-39-101(92-30-14-23-82(6)57-92)73-122(110)144(127)126-63-86(76-140)62-125(129(126)103-33-17-35-106(65-103)132(136,137)138)143-120-71-99(90-28-12-21-80(4)55-90)37-45-108(120)109-46-38-100(72-121(109)143)91-29-13-22-81(5)56-91/h9-29,31-57,59-74H,30,58H2,1-8H3. The number of fused-ring (bicyclic) bond motifs is 12. The molecule has 12 heteroatoms. The van der Waals surface area contributed by atoms with Crippen LogP contribution in [0.15, 0.2) is 399 Å². The van der Waals surface area contributed by atoms with E-state index in [0.29, 0.717) is 52.3 Å². The van der Waals surface area contributed by atoms with Crippen LogP contribution in [-0.4, -0.2) is 18.3 Å². The van der Waals surface area contributed by atoms with E-state index >= 15 is 26.3 Å². The summed E-state index contributed by atoms with van der Waals surface area (Å²) in [5, 5.41) is 32.7. The van der Waals surface area contributed by atoms with E-state index in [4.69, 9.17) is 0 Å². The lowest BCUT2D eigenvalue weighted by Crippen LogP contribution is -2.11. The molecule has 22 aromatic rings. The van der Waals surface area contributed by atoms with E-state index in [1.165, 1.54) is 24.3 Å². The van der Waals surface area contributed by atoms with E-state index < -0.39 is 23.5 Å². The summed E-state index contributed by atoms with van der Waals surface area (Å²) in [6, 6.07) is 122. The van der Waals surface area contributed by atoms with Gasteiger partial charge in [-0.1, -0.05) is 300 Å². The highest BCUT2D eigenvalue weighted by atomic mass is 19.4. The van der Waals surface area contributed by atoms with Crippen LogP contribution < -0.4 is 10.4 Å². The SMILES string of the molecule is CC1=CC(=c2ccc3c4c(-c5ccc(-c6ccc7c(c6)c6cc(-c8cccc(C)c8)ccc6n7-c6cc(C#N)cc(-n7c8ccc(-c9cccc(C)c9)cc8c8cc(-c9cccc(C)c9)ccc87)c6-c6cccc(C(F)(F)F)c6)cc5C)cc(=C5C=CC=C(C)C5)cc4n(-c4cc(C#N)cc(-n5c6cc(-c7cccc(C)c7)ccc6c6ccc(-c7cccc(C)c7)cc65)c4-c4cccc(C(F)(F)F)c4)c3c2)CC=C1. The monoisotopic (exact) mass is 1870 g/mol. The minimum atomic E-state index is -4.75. The van der Waals surface area contributed by atoms with Gasteiger partial charge in [-0.3, -0.25) is 0 Å².